The van der Waals surface area contributed by atoms with Gasteiger partial charge in [-0.05, 0) is 24.3 Å². The smallest absolute Gasteiger partial charge is 0.292 e. The van der Waals surface area contributed by atoms with E-state index in [4.69, 9.17) is 20.9 Å². The molecule has 0 radical (unpaired) electrons. The predicted octanol–water partition coefficient (Wildman–Crippen LogP) is 2.07. The van der Waals surface area contributed by atoms with E-state index in [2.05, 4.69) is 26.3 Å². The molecule has 1 aliphatic heterocycles. The molecule has 1 aliphatic rings. The van der Waals surface area contributed by atoms with Gasteiger partial charge < -0.3 is 21.2 Å². The summed E-state index contributed by atoms with van der Waals surface area (Å²) in [5.41, 5.74) is 14.9. The second kappa shape index (κ2) is 6.45. The molecule has 0 spiro atoms. The third-order valence-electron chi connectivity index (χ3n) is 4.70. The second-order valence-electron chi connectivity index (χ2n) is 6.62. The highest BCUT2D eigenvalue weighted by Gasteiger charge is 2.15. The highest BCUT2D eigenvalue weighted by Crippen LogP contribution is 2.32. The first kappa shape index (κ1) is 16.4. The number of hydrogen-bond donors (Lipinski definition) is 3. The summed E-state index contributed by atoms with van der Waals surface area (Å²) in [5, 5.41) is 3.38. The number of nitrogen functional groups attached to an aromatic ring is 2. The number of benzene rings is 1. The van der Waals surface area contributed by atoms with Gasteiger partial charge in [0.2, 0.25) is 0 Å². The van der Waals surface area contributed by atoms with Gasteiger partial charge in [-0.15, -0.1) is 11.3 Å². The number of nitrogens with one attached hydrogen (secondary N) is 1. The van der Waals surface area contributed by atoms with E-state index in [-0.39, 0.29) is 6.01 Å². The molecule has 1 saturated heterocycles. The molecule has 0 bridgehead atoms. The number of nitrogens with two attached hydrogens (primary N) is 2. The number of rotatable bonds is 3. The van der Waals surface area contributed by atoms with Gasteiger partial charge >= 0.3 is 0 Å². The minimum Gasteiger partial charge on any atom is -0.424 e. The predicted molar refractivity (Wildman–Crippen MR) is 107 cm³/mol. The molecule has 138 valence electrons. The fourth-order valence-electron chi connectivity index (χ4n) is 3.38. The quantitative estimate of drug-likeness (QED) is 0.493. The number of piperazine rings is 1. The molecule has 5 N–H and O–H groups in total. The van der Waals surface area contributed by atoms with E-state index < -0.39 is 0 Å². The van der Waals surface area contributed by atoms with Crippen LogP contribution in [0, 0.1) is 0 Å². The Balaban J connectivity index is 1.51. The van der Waals surface area contributed by atoms with Crippen molar-refractivity contribution in [2.24, 2.45) is 0 Å². The summed E-state index contributed by atoms with van der Waals surface area (Å²) < 4.78 is 6.26. The topological polar surface area (TPSA) is 119 Å². The molecule has 0 atom stereocenters. The molecule has 9 heteroatoms. The Hall–Kier alpha value is -2.75. The monoisotopic (exact) mass is 381 g/mol. The Morgan fingerprint density at radius 1 is 1.07 bits per heavy atom. The van der Waals surface area contributed by atoms with Crippen LogP contribution in [0.4, 0.5) is 11.8 Å². The van der Waals surface area contributed by atoms with E-state index in [9.17, 15) is 0 Å². The summed E-state index contributed by atoms with van der Waals surface area (Å²) in [6.45, 7) is 5.10. The molecule has 0 aliphatic carbocycles. The molecule has 27 heavy (non-hydrogen) atoms. The van der Waals surface area contributed by atoms with Crippen LogP contribution in [0.15, 0.2) is 28.7 Å². The summed E-state index contributed by atoms with van der Waals surface area (Å²) in [6, 6.07) is 7.84. The number of fused-ring (bicyclic) bond motifs is 2. The van der Waals surface area contributed by atoms with Gasteiger partial charge in [0.05, 0.1) is 10.2 Å². The van der Waals surface area contributed by atoms with Crippen molar-refractivity contribution in [3.63, 3.8) is 0 Å². The van der Waals surface area contributed by atoms with Crippen LogP contribution in [0.2, 0.25) is 0 Å². The first-order chi connectivity index (χ1) is 13.2. The SMILES string of the molecule is Nc1nc2cc(-c3nc(N)c4sc(CN5CCNCC5)cc4n3)ccc2o1. The Labute approximate surface area is 159 Å². The minimum absolute atomic E-state index is 0.147. The van der Waals surface area contributed by atoms with Crippen LogP contribution < -0.4 is 16.8 Å². The Kier molecular flexibility index (Phi) is 3.92. The van der Waals surface area contributed by atoms with E-state index in [1.807, 2.05) is 18.2 Å². The number of thiophene rings is 1. The zero-order valence-electron chi connectivity index (χ0n) is 14.6. The molecule has 1 aromatic carbocycles. The van der Waals surface area contributed by atoms with Crippen LogP contribution in [0.3, 0.4) is 0 Å². The van der Waals surface area contributed by atoms with Crippen molar-refractivity contribution >= 4 is 44.5 Å². The maximum atomic E-state index is 6.24. The largest absolute Gasteiger partial charge is 0.424 e. The highest BCUT2D eigenvalue weighted by atomic mass is 32.1. The molecule has 1 fully saturated rings. The molecule has 0 unspecified atom stereocenters. The summed E-state index contributed by atoms with van der Waals surface area (Å²) in [7, 11) is 0. The summed E-state index contributed by atoms with van der Waals surface area (Å²) in [6.07, 6.45) is 0. The first-order valence-corrected chi connectivity index (χ1v) is 9.63. The molecular formula is C18H19N7OS. The van der Waals surface area contributed by atoms with Crippen LogP contribution in [-0.2, 0) is 6.54 Å². The summed E-state index contributed by atoms with van der Waals surface area (Å²) in [5.74, 6) is 1.08. The molecule has 8 nitrogen and oxygen atoms in total. The molecule has 3 aromatic heterocycles. The lowest BCUT2D eigenvalue weighted by molar-refractivity contribution is 0.235. The van der Waals surface area contributed by atoms with Crippen LogP contribution in [0.1, 0.15) is 4.88 Å². The van der Waals surface area contributed by atoms with Crippen molar-refractivity contribution in [3.05, 3.63) is 29.1 Å². The van der Waals surface area contributed by atoms with Gasteiger partial charge in [0.25, 0.3) is 6.01 Å². The van der Waals surface area contributed by atoms with Crippen LogP contribution in [-0.4, -0.2) is 46.0 Å². The van der Waals surface area contributed by atoms with Gasteiger partial charge in [0.1, 0.15) is 11.3 Å². The zero-order chi connectivity index (χ0) is 18.4. The lowest BCUT2D eigenvalue weighted by Gasteiger charge is -2.26. The normalized spacial score (nSPS) is 15.7. The van der Waals surface area contributed by atoms with Gasteiger partial charge in [-0.1, -0.05) is 0 Å². The lowest BCUT2D eigenvalue weighted by Crippen LogP contribution is -2.42. The summed E-state index contributed by atoms with van der Waals surface area (Å²) >= 11 is 1.67. The number of nitrogens with zero attached hydrogens (tertiary/aromatic N) is 4. The minimum atomic E-state index is 0.147. The molecule has 0 amide bonds. The molecule has 4 heterocycles. The van der Waals surface area contributed by atoms with Gasteiger partial charge in [0, 0.05) is 43.2 Å². The van der Waals surface area contributed by atoms with Crippen molar-refractivity contribution in [1.29, 1.82) is 0 Å². The number of oxazole rings is 1. The maximum Gasteiger partial charge on any atom is 0.292 e. The second-order valence-corrected chi connectivity index (χ2v) is 7.76. The van der Waals surface area contributed by atoms with E-state index in [0.717, 1.165) is 48.5 Å². The van der Waals surface area contributed by atoms with Gasteiger partial charge in [-0.3, -0.25) is 4.90 Å². The van der Waals surface area contributed by atoms with E-state index >= 15 is 0 Å². The van der Waals surface area contributed by atoms with Crippen molar-refractivity contribution in [2.45, 2.75) is 6.54 Å². The Morgan fingerprint density at radius 2 is 1.93 bits per heavy atom. The maximum absolute atomic E-state index is 6.24. The van der Waals surface area contributed by atoms with E-state index in [1.165, 1.54) is 4.88 Å². The van der Waals surface area contributed by atoms with Gasteiger partial charge in [-0.2, -0.15) is 4.98 Å². The van der Waals surface area contributed by atoms with E-state index in [0.29, 0.717) is 22.7 Å². The average molecular weight is 381 g/mol. The first-order valence-electron chi connectivity index (χ1n) is 8.81. The number of aromatic nitrogens is 3. The fraction of sp³-hybridized carbons (Fsp3) is 0.278. The van der Waals surface area contributed by atoms with Crippen molar-refractivity contribution < 1.29 is 4.42 Å². The Bertz CT molecular complexity index is 1130. The lowest BCUT2D eigenvalue weighted by atomic mass is 10.2. The number of hydrogen-bond acceptors (Lipinski definition) is 9. The highest BCUT2D eigenvalue weighted by molar-refractivity contribution is 7.19. The number of anilines is 2. The summed E-state index contributed by atoms with van der Waals surface area (Å²) in [4.78, 5) is 17.1. The Morgan fingerprint density at radius 3 is 2.78 bits per heavy atom. The fourth-order valence-corrected chi connectivity index (χ4v) is 4.42. The van der Waals surface area contributed by atoms with Crippen molar-refractivity contribution in [3.8, 4) is 11.4 Å². The van der Waals surface area contributed by atoms with Crippen LogP contribution in [0.25, 0.3) is 32.7 Å². The third-order valence-corrected chi connectivity index (χ3v) is 5.83. The van der Waals surface area contributed by atoms with E-state index in [1.54, 1.807) is 11.3 Å². The molecular weight excluding hydrogens is 362 g/mol. The zero-order valence-corrected chi connectivity index (χ0v) is 15.4. The standard InChI is InChI=1S/C18H19N7OS/c19-16-15-13(8-11(27-15)9-25-5-3-21-4-6-25)22-17(24-16)10-1-2-14-12(7-10)23-18(20)26-14/h1-2,7-8,21H,3-6,9H2,(H2,20,23)(H2,19,22,24). The van der Waals surface area contributed by atoms with Crippen molar-refractivity contribution in [1.82, 2.24) is 25.2 Å². The van der Waals surface area contributed by atoms with Crippen LogP contribution >= 0.6 is 11.3 Å². The molecule has 5 rings (SSSR count). The van der Waals surface area contributed by atoms with Crippen LogP contribution in [0.5, 0.6) is 0 Å². The molecule has 0 saturated carbocycles. The van der Waals surface area contributed by atoms with Gasteiger partial charge in [0.15, 0.2) is 11.4 Å². The molecule has 4 aromatic rings. The van der Waals surface area contributed by atoms with Crippen molar-refractivity contribution in [2.75, 3.05) is 37.6 Å². The average Bonchev–Trinajstić information content (AvgIpc) is 3.24. The van der Waals surface area contributed by atoms with Gasteiger partial charge in [-0.25, -0.2) is 9.97 Å². The third kappa shape index (κ3) is 3.09.